The molecule has 1 unspecified atom stereocenters. The Morgan fingerprint density at radius 1 is 1.20 bits per heavy atom. The van der Waals surface area contributed by atoms with E-state index in [9.17, 15) is 4.79 Å². The number of benzene rings is 2. The molecule has 152 valence electrons. The number of para-hydroxylation sites is 1. The number of aromatic nitrogens is 3. The van der Waals surface area contributed by atoms with Crippen LogP contribution in [0.2, 0.25) is 0 Å². The number of carbonyl (C=O) groups excluding carboxylic acids is 1. The number of carbonyl (C=O) groups is 1. The minimum atomic E-state index is -0.0707. The lowest BCUT2D eigenvalue weighted by molar-refractivity contribution is -0.126. The van der Waals surface area contributed by atoms with Crippen molar-refractivity contribution in [3.8, 4) is 5.69 Å². The monoisotopic (exact) mass is 400 g/mol. The van der Waals surface area contributed by atoms with Crippen LogP contribution in [0.25, 0.3) is 22.7 Å². The van der Waals surface area contributed by atoms with Crippen molar-refractivity contribution in [3.63, 3.8) is 0 Å². The second-order valence-corrected chi connectivity index (χ2v) is 7.18. The maximum absolute atomic E-state index is 12.8. The smallest absolute Gasteiger partial charge is 0.246 e. The van der Waals surface area contributed by atoms with Crippen molar-refractivity contribution in [2.45, 2.75) is 26.3 Å². The molecule has 0 aliphatic carbocycles. The number of likely N-dealkylation sites (N-methyl/N-ethyl adjacent to an activating group) is 1. The zero-order chi connectivity index (χ0) is 21.1. The van der Waals surface area contributed by atoms with E-state index in [1.165, 1.54) is 6.33 Å². The Hall–Kier alpha value is -3.67. The van der Waals surface area contributed by atoms with Crippen LogP contribution in [-0.2, 0) is 11.2 Å². The van der Waals surface area contributed by atoms with Crippen LogP contribution in [-0.4, -0.2) is 32.6 Å². The van der Waals surface area contributed by atoms with E-state index in [1.807, 2.05) is 75.5 Å². The fraction of sp³-hybridized carbons (Fsp3) is 0.208. The van der Waals surface area contributed by atoms with Crippen LogP contribution in [0, 0.1) is 0 Å². The summed E-state index contributed by atoms with van der Waals surface area (Å²) in [5, 5.41) is 5.16. The molecule has 0 saturated carbocycles. The summed E-state index contributed by atoms with van der Waals surface area (Å²) >= 11 is 0. The van der Waals surface area contributed by atoms with Crippen molar-refractivity contribution >= 4 is 23.0 Å². The normalized spacial score (nSPS) is 12.5. The van der Waals surface area contributed by atoms with Crippen LogP contribution in [0.1, 0.15) is 36.8 Å². The number of nitrogens with zero attached hydrogens (tertiary/aromatic N) is 4. The van der Waals surface area contributed by atoms with Crippen molar-refractivity contribution < 1.29 is 9.21 Å². The summed E-state index contributed by atoms with van der Waals surface area (Å²) < 4.78 is 7.61. The highest BCUT2D eigenvalue weighted by molar-refractivity contribution is 5.96. The third kappa shape index (κ3) is 3.76. The van der Waals surface area contributed by atoms with Gasteiger partial charge in [-0.1, -0.05) is 37.3 Å². The molecule has 0 aliphatic rings. The average Bonchev–Trinajstić information content (AvgIpc) is 3.44. The molecule has 2 aromatic carbocycles. The number of amides is 1. The molecule has 4 aromatic rings. The zero-order valence-corrected chi connectivity index (χ0v) is 17.3. The molecule has 6 nitrogen and oxygen atoms in total. The summed E-state index contributed by atoms with van der Waals surface area (Å²) in [6, 6.07) is 15.8. The highest BCUT2D eigenvalue weighted by atomic mass is 16.3. The maximum atomic E-state index is 12.8. The maximum Gasteiger partial charge on any atom is 0.246 e. The molecule has 30 heavy (non-hydrogen) atoms. The topological polar surface area (TPSA) is 64.2 Å². The van der Waals surface area contributed by atoms with Crippen molar-refractivity contribution in [2.24, 2.45) is 0 Å². The van der Waals surface area contributed by atoms with Crippen LogP contribution in [0.3, 0.4) is 0 Å². The Morgan fingerprint density at radius 2 is 1.97 bits per heavy atom. The zero-order valence-electron chi connectivity index (χ0n) is 17.3. The van der Waals surface area contributed by atoms with Gasteiger partial charge in [0.2, 0.25) is 5.91 Å². The number of aryl methyl sites for hydroxylation is 1. The highest BCUT2D eigenvalue weighted by Crippen LogP contribution is 2.28. The molecule has 0 N–H and O–H groups in total. The molecular formula is C24H24N4O2. The molecule has 0 radical (unpaired) electrons. The van der Waals surface area contributed by atoms with Crippen molar-refractivity contribution in [1.29, 1.82) is 0 Å². The van der Waals surface area contributed by atoms with Gasteiger partial charge in [-0.15, -0.1) is 0 Å². The molecule has 1 atom stereocenters. The first-order valence-corrected chi connectivity index (χ1v) is 9.98. The van der Waals surface area contributed by atoms with Gasteiger partial charge < -0.3 is 9.32 Å². The predicted molar refractivity (Wildman–Crippen MR) is 117 cm³/mol. The summed E-state index contributed by atoms with van der Waals surface area (Å²) in [6.45, 7) is 4.06. The average molecular weight is 400 g/mol. The molecule has 2 aromatic heterocycles. The lowest BCUT2D eigenvalue weighted by Crippen LogP contribution is -2.28. The highest BCUT2D eigenvalue weighted by Gasteiger charge is 2.16. The van der Waals surface area contributed by atoms with Crippen LogP contribution < -0.4 is 0 Å². The van der Waals surface area contributed by atoms with Crippen molar-refractivity contribution in [2.75, 3.05) is 7.05 Å². The lowest BCUT2D eigenvalue weighted by atomic mass is 10.1. The molecule has 0 saturated heterocycles. The van der Waals surface area contributed by atoms with E-state index >= 15 is 0 Å². The summed E-state index contributed by atoms with van der Waals surface area (Å²) in [5.41, 5.74) is 3.79. The van der Waals surface area contributed by atoms with Crippen LogP contribution in [0.4, 0.5) is 0 Å². The van der Waals surface area contributed by atoms with Gasteiger partial charge in [0, 0.05) is 30.5 Å². The van der Waals surface area contributed by atoms with E-state index in [-0.39, 0.29) is 11.9 Å². The second kappa shape index (κ2) is 8.37. The number of furan rings is 1. The van der Waals surface area contributed by atoms with Gasteiger partial charge in [0.1, 0.15) is 24.0 Å². The summed E-state index contributed by atoms with van der Waals surface area (Å²) in [4.78, 5) is 18.5. The van der Waals surface area contributed by atoms with Gasteiger partial charge in [-0.25, -0.2) is 9.67 Å². The largest absolute Gasteiger partial charge is 0.460 e. The van der Waals surface area contributed by atoms with Gasteiger partial charge in [0.05, 0.1) is 11.7 Å². The third-order valence-corrected chi connectivity index (χ3v) is 5.41. The van der Waals surface area contributed by atoms with E-state index in [0.29, 0.717) is 0 Å². The molecule has 4 rings (SSSR count). The van der Waals surface area contributed by atoms with E-state index in [1.54, 1.807) is 22.0 Å². The number of fused-ring (bicyclic) bond motifs is 1. The molecule has 0 spiro atoms. The standard InChI is InChI=1S/C24H24N4O2/c1-4-22-21(20-7-5-6-8-23(20)30-22)13-14-24(29)27(3)17(2)18-9-11-19(12-10-18)28-16-25-15-26-28/h5-17H,4H2,1-3H3/b14-13+. The first-order chi connectivity index (χ1) is 14.6. The minimum Gasteiger partial charge on any atom is -0.460 e. The fourth-order valence-electron chi connectivity index (χ4n) is 3.50. The Balaban J connectivity index is 1.51. The van der Waals surface area contributed by atoms with E-state index in [2.05, 4.69) is 10.1 Å². The Kier molecular flexibility index (Phi) is 5.48. The van der Waals surface area contributed by atoms with Gasteiger partial charge in [-0.2, -0.15) is 5.10 Å². The number of hydrogen-bond donors (Lipinski definition) is 0. The van der Waals surface area contributed by atoms with Gasteiger partial charge in [0.15, 0.2) is 0 Å². The lowest BCUT2D eigenvalue weighted by Gasteiger charge is -2.24. The molecule has 0 fully saturated rings. The fourth-order valence-corrected chi connectivity index (χ4v) is 3.50. The quantitative estimate of drug-likeness (QED) is 0.436. The Morgan fingerprint density at radius 3 is 2.67 bits per heavy atom. The van der Waals surface area contributed by atoms with Gasteiger partial charge >= 0.3 is 0 Å². The molecular weight excluding hydrogens is 376 g/mol. The first-order valence-electron chi connectivity index (χ1n) is 9.98. The van der Waals surface area contributed by atoms with Gasteiger partial charge in [0.25, 0.3) is 0 Å². The van der Waals surface area contributed by atoms with Crippen LogP contribution >= 0.6 is 0 Å². The van der Waals surface area contributed by atoms with Gasteiger partial charge in [-0.05, 0) is 36.8 Å². The molecule has 1 amide bonds. The second-order valence-electron chi connectivity index (χ2n) is 7.18. The third-order valence-electron chi connectivity index (χ3n) is 5.41. The predicted octanol–water partition coefficient (Wildman–Crippen LogP) is 4.81. The van der Waals surface area contributed by atoms with E-state index < -0.39 is 0 Å². The molecule has 0 aliphatic heterocycles. The summed E-state index contributed by atoms with van der Waals surface area (Å²) in [6.07, 6.45) is 7.42. The number of rotatable bonds is 6. The van der Waals surface area contributed by atoms with E-state index in [4.69, 9.17) is 4.42 Å². The van der Waals surface area contributed by atoms with Crippen molar-refractivity contribution in [1.82, 2.24) is 19.7 Å². The van der Waals surface area contributed by atoms with Crippen LogP contribution in [0.15, 0.2) is 71.7 Å². The molecule has 6 heteroatoms. The summed E-state index contributed by atoms with van der Waals surface area (Å²) in [5.74, 6) is 0.829. The molecule has 0 bridgehead atoms. The van der Waals surface area contributed by atoms with Crippen molar-refractivity contribution in [3.05, 3.63) is 84.1 Å². The van der Waals surface area contributed by atoms with Crippen LogP contribution in [0.5, 0.6) is 0 Å². The SMILES string of the molecule is CCc1oc2ccccc2c1/C=C/C(=O)N(C)C(C)c1ccc(-n2cncn2)cc1. The Labute approximate surface area is 175 Å². The Bertz CT molecular complexity index is 1170. The minimum absolute atomic E-state index is 0.0600. The summed E-state index contributed by atoms with van der Waals surface area (Å²) in [7, 11) is 1.82. The molecule has 2 heterocycles. The first kappa shape index (κ1) is 19.6. The van der Waals surface area contributed by atoms with E-state index in [0.717, 1.165) is 40.0 Å². The van der Waals surface area contributed by atoms with Gasteiger partial charge in [-0.3, -0.25) is 4.79 Å². The number of hydrogen-bond acceptors (Lipinski definition) is 4.